The third-order valence-corrected chi connectivity index (χ3v) is 4.36. The summed E-state index contributed by atoms with van der Waals surface area (Å²) in [6.07, 6.45) is 1.60. The van der Waals surface area contributed by atoms with Crippen LogP contribution in [0.4, 0.5) is 6.01 Å². The minimum Gasteiger partial charge on any atom is -0.403 e. The zero-order valence-electron chi connectivity index (χ0n) is 11.4. The minimum atomic E-state index is -0.387. The van der Waals surface area contributed by atoms with Crippen LogP contribution in [0.3, 0.4) is 0 Å². The average molecular weight is 358 g/mol. The van der Waals surface area contributed by atoms with Gasteiger partial charge in [-0.1, -0.05) is 28.3 Å². The molecule has 0 aliphatic carbocycles. The largest absolute Gasteiger partial charge is 0.403 e. The van der Waals surface area contributed by atoms with Crippen molar-refractivity contribution in [3.8, 4) is 11.5 Å². The van der Waals surface area contributed by atoms with Gasteiger partial charge < -0.3 is 4.42 Å². The number of thiophene rings is 1. The van der Waals surface area contributed by atoms with E-state index in [1.165, 1.54) is 16.0 Å². The summed E-state index contributed by atoms with van der Waals surface area (Å²) in [5.74, 6) is -0.202. The highest BCUT2D eigenvalue weighted by molar-refractivity contribution is 7.20. The Morgan fingerprint density at radius 3 is 2.77 bits per heavy atom. The van der Waals surface area contributed by atoms with E-state index in [0.29, 0.717) is 19.9 Å². The molecule has 0 spiro atoms. The summed E-state index contributed by atoms with van der Waals surface area (Å²) in [4.78, 5) is 12.2. The first kappa shape index (κ1) is 15.0. The van der Waals surface area contributed by atoms with Gasteiger partial charge in [-0.3, -0.25) is 14.8 Å². The van der Waals surface area contributed by atoms with Gasteiger partial charge in [-0.2, -0.15) is 5.10 Å². The molecule has 0 aromatic carbocycles. The topological polar surface area (TPSA) is 85.8 Å². The van der Waals surface area contributed by atoms with E-state index >= 15 is 0 Å². The number of carbonyl (C=O) groups is 1. The van der Waals surface area contributed by atoms with Crippen LogP contribution >= 0.6 is 34.5 Å². The molecular formula is C12H9Cl2N5O2S. The van der Waals surface area contributed by atoms with Crippen LogP contribution in [0.25, 0.3) is 11.5 Å². The lowest BCUT2D eigenvalue weighted by Crippen LogP contribution is -2.17. The maximum Gasteiger partial charge on any atom is 0.322 e. The zero-order chi connectivity index (χ0) is 15.9. The molecule has 0 atom stereocenters. The van der Waals surface area contributed by atoms with E-state index < -0.39 is 0 Å². The molecule has 0 bridgehead atoms. The first-order valence-corrected chi connectivity index (χ1v) is 7.61. The lowest BCUT2D eigenvalue weighted by molar-refractivity contribution is 0.101. The Hall–Kier alpha value is -1.90. The predicted octanol–water partition coefficient (Wildman–Crippen LogP) is 3.40. The molecule has 3 heterocycles. The van der Waals surface area contributed by atoms with E-state index in [1.807, 2.05) is 0 Å². The molecule has 1 amide bonds. The van der Waals surface area contributed by atoms with Gasteiger partial charge >= 0.3 is 6.01 Å². The van der Waals surface area contributed by atoms with Gasteiger partial charge in [0.25, 0.3) is 11.8 Å². The molecule has 0 aliphatic rings. The highest BCUT2D eigenvalue weighted by Crippen LogP contribution is 2.37. The SMILES string of the molecule is Cc1cnn(C)c1C(=O)Nc1nnc(-c2cc(Cl)sc2Cl)o1. The van der Waals surface area contributed by atoms with Crippen molar-refractivity contribution in [3.05, 3.63) is 32.2 Å². The van der Waals surface area contributed by atoms with Gasteiger partial charge in [0.05, 0.1) is 16.1 Å². The number of carbonyl (C=O) groups excluding carboxylic acids is 1. The van der Waals surface area contributed by atoms with Gasteiger partial charge in [0.1, 0.15) is 10.0 Å². The van der Waals surface area contributed by atoms with Crippen LogP contribution in [-0.4, -0.2) is 25.9 Å². The second-order valence-electron chi connectivity index (χ2n) is 4.40. The van der Waals surface area contributed by atoms with Crippen molar-refractivity contribution in [2.24, 2.45) is 7.05 Å². The number of halogens is 2. The fourth-order valence-electron chi connectivity index (χ4n) is 1.90. The minimum absolute atomic E-state index is 0.0287. The molecule has 0 saturated carbocycles. The van der Waals surface area contributed by atoms with E-state index in [9.17, 15) is 4.79 Å². The van der Waals surface area contributed by atoms with Crippen molar-refractivity contribution in [3.63, 3.8) is 0 Å². The molecule has 3 aromatic rings. The van der Waals surface area contributed by atoms with E-state index in [2.05, 4.69) is 20.6 Å². The Labute approximate surface area is 138 Å². The molecule has 0 saturated heterocycles. The summed E-state index contributed by atoms with van der Waals surface area (Å²) in [7, 11) is 1.67. The average Bonchev–Trinajstić information content (AvgIpc) is 3.10. The van der Waals surface area contributed by atoms with Crippen LogP contribution in [0, 0.1) is 6.92 Å². The summed E-state index contributed by atoms with van der Waals surface area (Å²) in [5, 5.41) is 14.2. The quantitative estimate of drug-likeness (QED) is 0.776. The molecule has 1 N–H and O–H groups in total. The number of nitrogens with zero attached hydrogens (tertiary/aromatic N) is 4. The van der Waals surface area contributed by atoms with Crippen molar-refractivity contribution in [1.82, 2.24) is 20.0 Å². The maximum atomic E-state index is 12.2. The lowest BCUT2D eigenvalue weighted by Gasteiger charge is -2.02. The molecule has 0 fully saturated rings. The molecule has 114 valence electrons. The van der Waals surface area contributed by atoms with Crippen LogP contribution < -0.4 is 5.32 Å². The smallest absolute Gasteiger partial charge is 0.322 e. The molecular weight excluding hydrogens is 349 g/mol. The number of hydrogen-bond acceptors (Lipinski definition) is 6. The maximum absolute atomic E-state index is 12.2. The van der Waals surface area contributed by atoms with Gasteiger partial charge in [-0.25, -0.2) is 0 Å². The van der Waals surface area contributed by atoms with Crippen molar-refractivity contribution in [2.45, 2.75) is 6.92 Å². The normalized spacial score (nSPS) is 10.9. The Morgan fingerprint density at radius 2 is 2.18 bits per heavy atom. The Morgan fingerprint density at radius 1 is 1.41 bits per heavy atom. The second-order valence-corrected chi connectivity index (χ2v) is 6.69. The molecule has 3 rings (SSSR count). The Bertz CT molecular complexity index is 834. The number of amides is 1. The van der Waals surface area contributed by atoms with Gasteiger partial charge in [0, 0.05) is 7.05 Å². The van der Waals surface area contributed by atoms with Crippen molar-refractivity contribution in [2.75, 3.05) is 5.32 Å². The number of anilines is 1. The van der Waals surface area contributed by atoms with Crippen LogP contribution in [0.1, 0.15) is 16.1 Å². The number of rotatable bonds is 3. The Kier molecular flexibility index (Phi) is 3.90. The van der Waals surface area contributed by atoms with E-state index in [0.717, 1.165) is 5.56 Å². The van der Waals surface area contributed by atoms with Gasteiger partial charge in [-0.05, 0) is 18.6 Å². The molecule has 22 heavy (non-hydrogen) atoms. The number of nitrogens with one attached hydrogen (secondary N) is 1. The second kappa shape index (κ2) is 5.71. The molecule has 0 unspecified atom stereocenters. The first-order valence-electron chi connectivity index (χ1n) is 6.04. The third kappa shape index (κ3) is 2.72. The van der Waals surface area contributed by atoms with Crippen LogP contribution in [0.15, 0.2) is 16.7 Å². The third-order valence-electron chi connectivity index (χ3n) is 2.87. The van der Waals surface area contributed by atoms with E-state index in [-0.39, 0.29) is 17.8 Å². The number of aryl methyl sites for hydroxylation is 2. The highest BCUT2D eigenvalue weighted by atomic mass is 35.5. The summed E-state index contributed by atoms with van der Waals surface area (Å²) in [5.41, 5.74) is 1.69. The van der Waals surface area contributed by atoms with Crippen LogP contribution in [-0.2, 0) is 7.05 Å². The van der Waals surface area contributed by atoms with Crippen molar-refractivity contribution in [1.29, 1.82) is 0 Å². The molecule has 10 heteroatoms. The summed E-state index contributed by atoms with van der Waals surface area (Å²) < 4.78 is 7.81. The summed E-state index contributed by atoms with van der Waals surface area (Å²) >= 11 is 13.1. The van der Waals surface area contributed by atoms with Gasteiger partial charge in [-0.15, -0.1) is 16.4 Å². The van der Waals surface area contributed by atoms with Crippen molar-refractivity contribution < 1.29 is 9.21 Å². The zero-order valence-corrected chi connectivity index (χ0v) is 13.8. The molecule has 0 radical (unpaired) electrons. The van der Waals surface area contributed by atoms with Gasteiger partial charge in [0.15, 0.2) is 0 Å². The van der Waals surface area contributed by atoms with Gasteiger partial charge in [0.2, 0.25) is 0 Å². The van der Waals surface area contributed by atoms with E-state index in [1.54, 1.807) is 26.2 Å². The van der Waals surface area contributed by atoms with Crippen molar-refractivity contribution >= 4 is 46.5 Å². The first-order chi connectivity index (χ1) is 10.5. The highest BCUT2D eigenvalue weighted by Gasteiger charge is 2.19. The Balaban J connectivity index is 1.83. The van der Waals surface area contributed by atoms with Crippen LogP contribution in [0.2, 0.25) is 8.67 Å². The number of aromatic nitrogens is 4. The number of hydrogen-bond donors (Lipinski definition) is 1. The monoisotopic (exact) mass is 357 g/mol. The predicted molar refractivity (Wildman–Crippen MR) is 83.5 cm³/mol. The van der Waals surface area contributed by atoms with Crippen LogP contribution in [0.5, 0.6) is 0 Å². The van der Waals surface area contributed by atoms with E-state index in [4.69, 9.17) is 27.6 Å². The molecule has 0 aliphatic heterocycles. The fourth-order valence-corrected chi connectivity index (χ4v) is 3.35. The standard InChI is InChI=1S/C12H9Cl2N5O2S/c1-5-4-15-19(2)8(5)10(20)16-12-18-17-11(21-12)6-3-7(13)22-9(6)14/h3-4H,1-2H3,(H,16,18,20). The molecule has 7 nitrogen and oxygen atoms in total. The lowest BCUT2D eigenvalue weighted by atomic mass is 10.2. The summed E-state index contributed by atoms with van der Waals surface area (Å²) in [6.45, 7) is 1.79. The fraction of sp³-hybridized carbons (Fsp3) is 0.167. The summed E-state index contributed by atoms with van der Waals surface area (Å²) in [6, 6.07) is 1.60. The molecule has 3 aromatic heterocycles.